The van der Waals surface area contributed by atoms with Crippen LogP contribution in [0.1, 0.15) is 5.56 Å². The first-order valence-corrected chi connectivity index (χ1v) is 3.72. The highest BCUT2D eigenvalue weighted by molar-refractivity contribution is 6.36. The van der Waals surface area contributed by atoms with Crippen molar-refractivity contribution in [1.82, 2.24) is 10.2 Å². The SMILES string of the molecule is N#Cc1ccc2[nH]ncc2c1Cl. The van der Waals surface area contributed by atoms with Crippen LogP contribution < -0.4 is 0 Å². The number of fused-ring (bicyclic) bond motifs is 1. The van der Waals surface area contributed by atoms with E-state index in [9.17, 15) is 0 Å². The molecule has 0 saturated heterocycles. The van der Waals surface area contributed by atoms with Gasteiger partial charge in [0.1, 0.15) is 6.07 Å². The summed E-state index contributed by atoms with van der Waals surface area (Å²) in [5.41, 5.74) is 1.32. The van der Waals surface area contributed by atoms with E-state index in [1.54, 1.807) is 18.3 Å². The third-order valence-corrected chi connectivity index (χ3v) is 2.09. The van der Waals surface area contributed by atoms with E-state index < -0.39 is 0 Å². The minimum Gasteiger partial charge on any atom is -0.278 e. The van der Waals surface area contributed by atoms with Crippen molar-refractivity contribution < 1.29 is 0 Å². The number of nitrogens with zero attached hydrogens (tertiary/aromatic N) is 2. The molecule has 0 radical (unpaired) electrons. The van der Waals surface area contributed by atoms with E-state index in [4.69, 9.17) is 16.9 Å². The third kappa shape index (κ3) is 0.858. The van der Waals surface area contributed by atoms with E-state index in [0.29, 0.717) is 10.6 Å². The minimum absolute atomic E-state index is 0.462. The third-order valence-electron chi connectivity index (χ3n) is 1.68. The minimum atomic E-state index is 0.462. The molecule has 1 aromatic carbocycles. The van der Waals surface area contributed by atoms with Gasteiger partial charge in [-0.1, -0.05) is 11.6 Å². The summed E-state index contributed by atoms with van der Waals surface area (Å²) in [7, 11) is 0. The van der Waals surface area contributed by atoms with Gasteiger partial charge in [-0.3, -0.25) is 5.10 Å². The van der Waals surface area contributed by atoms with E-state index in [-0.39, 0.29) is 0 Å². The van der Waals surface area contributed by atoms with Gasteiger partial charge in [0.15, 0.2) is 0 Å². The van der Waals surface area contributed by atoms with Crippen LogP contribution in [0.25, 0.3) is 10.9 Å². The van der Waals surface area contributed by atoms with Crippen LogP contribution in [-0.2, 0) is 0 Å². The van der Waals surface area contributed by atoms with Gasteiger partial charge in [0.25, 0.3) is 0 Å². The molecule has 1 heterocycles. The predicted molar refractivity (Wildman–Crippen MR) is 45.8 cm³/mol. The van der Waals surface area contributed by atoms with Crippen molar-refractivity contribution in [3.05, 3.63) is 28.9 Å². The number of nitriles is 1. The Morgan fingerprint density at radius 1 is 1.50 bits per heavy atom. The van der Waals surface area contributed by atoms with Crippen molar-refractivity contribution >= 4 is 22.5 Å². The van der Waals surface area contributed by atoms with Gasteiger partial charge in [0, 0.05) is 5.39 Å². The summed E-state index contributed by atoms with van der Waals surface area (Å²) >= 11 is 5.90. The zero-order valence-corrected chi connectivity index (χ0v) is 6.76. The summed E-state index contributed by atoms with van der Waals surface area (Å²) in [6, 6.07) is 5.46. The van der Waals surface area contributed by atoms with Gasteiger partial charge in [0.05, 0.1) is 22.3 Å². The Bertz CT molecular complexity index is 467. The Kier molecular flexibility index (Phi) is 1.49. The lowest BCUT2D eigenvalue weighted by atomic mass is 10.2. The summed E-state index contributed by atoms with van der Waals surface area (Å²) in [6.45, 7) is 0. The van der Waals surface area contributed by atoms with Crippen LogP contribution in [0.2, 0.25) is 5.02 Å². The van der Waals surface area contributed by atoms with Crippen LogP contribution in [0.3, 0.4) is 0 Å². The van der Waals surface area contributed by atoms with E-state index in [0.717, 1.165) is 10.9 Å². The maximum atomic E-state index is 8.65. The van der Waals surface area contributed by atoms with Crippen molar-refractivity contribution in [1.29, 1.82) is 5.26 Å². The molecular formula is C8H4ClN3. The maximum Gasteiger partial charge on any atom is 0.101 e. The lowest BCUT2D eigenvalue weighted by Gasteiger charge is -1.94. The standard InChI is InChI=1S/C8H4ClN3/c9-8-5(3-10)1-2-7-6(8)4-11-12-7/h1-2,4H,(H,11,12). The van der Waals surface area contributed by atoms with E-state index in [2.05, 4.69) is 10.2 Å². The quantitative estimate of drug-likeness (QED) is 0.670. The molecule has 2 rings (SSSR count). The van der Waals surface area contributed by atoms with Crippen molar-refractivity contribution in [3.63, 3.8) is 0 Å². The molecule has 12 heavy (non-hydrogen) atoms. The summed E-state index contributed by atoms with van der Waals surface area (Å²) in [4.78, 5) is 0. The molecule has 0 unspecified atom stereocenters. The molecule has 0 bridgehead atoms. The highest BCUT2D eigenvalue weighted by Crippen LogP contribution is 2.24. The number of nitrogens with one attached hydrogen (secondary N) is 1. The van der Waals surface area contributed by atoms with Gasteiger partial charge in [-0.25, -0.2) is 0 Å². The smallest absolute Gasteiger partial charge is 0.101 e. The lowest BCUT2D eigenvalue weighted by molar-refractivity contribution is 1.12. The zero-order valence-electron chi connectivity index (χ0n) is 6.00. The summed E-state index contributed by atoms with van der Waals surface area (Å²) < 4.78 is 0. The second kappa shape index (κ2) is 2.50. The fourth-order valence-corrected chi connectivity index (χ4v) is 1.33. The van der Waals surface area contributed by atoms with Gasteiger partial charge in [0.2, 0.25) is 0 Å². The molecule has 0 atom stereocenters. The van der Waals surface area contributed by atoms with Gasteiger partial charge in [-0.05, 0) is 12.1 Å². The summed E-state index contributed by atoms with van der Waals surface area (Å²) in [5, 5.41) is 16.5. The molecule has 0 aliphatic rings. The van der Waals surface area contributed by atoms with E-state index in [1.807, 2.05) is 6.07 Å². The number of rotatable bonds is 0. The normalized spacial score (nSPS) is 10.0. The number of aromatic amines is 1. The van der Waals surface area contributed by atoms with Crippen LogP contribution >= 0.6 is 11.6 Å². The molecule has 2 aromatic rings. The number of aromatic nitrogens is 2. The fraction of sp³-hybridized carbons (Fsp3) is 0. The zero-order chi connectivity index (χ0) is 8.55. The molecule has 3 nitrogen and oxygen atoms in total. The predicted octanol–water partition coefficient (Wildman–Crippen LogP) is 2.09. The Hall–Kier alpha value is -1.53. The maximum absolute atomic E-state index is 8.65. The fourth-order valence-electron chi connectivity index (χ4n) is 1.07. The molecular weight excluding hydrogens is 174 g/mol. The van der Waals surface area contributed by atoms with Crippen molar-refractivity contribution in [3.8, 4) is 6.07 Å². The molecule has 0 spiro atoms. The van der Waals surface area contributed by atoms with Crippen molar-refractivity contribution in [2.24, 2.45) is 0 Å². The molecule has 0 amide bonds. The molecule has 0 saturated carbocycles. The largest absolute Gasteiger partial charge is 0.278 e. The summed E-state index contributed by atoms with van der Waals surface area (Å²) in [6.07, 6.45) is 1.61. The second-order valence-corrected chi connectivity index (χ2v) is 2.75. The van der Waals surface area contributed by atoms with Crippen molar-refractivity contribution in [2.75, 3.05) is 0 Å². The van der Waals surface area contributed by atoms with Crippen molar-refractivity contribution in [2.45, 2.75) is 0 Å². The van der Waals surface area contributed by atoms with Crippen LogP contribution in [-0.4, -0.2) is 10.2 Å². The first kappa shape index (κ1) is 7.14. The summed E-state index contributed by atoms with van der Waals surface area (Å²) in [5.74, 6) is 0. The van der Waals surface area contributed by atoms with Gasteiger partial charge in [-0.2, -0.15) is 10.4 Å². The highest BCUT2D eigenvalue weighted by atomic mass is 35.5. The molecule has 0 fully saturated rings. The topological polar surface area (TPSA) is 52.5 Å². The number of hydrogen-bond acceptors (Lipinski definition) is 2. The van der Waals surface area contributed by atoms with Gasteiger partial charge in [-0.15, -0.1) is 0 Å². The van der Waals surface area contributed by atoms with E-state index >= 15 is 0 Å². The molecule has 1 N–H and O–H groups in total. The average Bonchev–Trinajstić information content (AvgIpc) is 2.53. The number of H-pyrrole nitrogens is 1. The highest BCUT2D eigenvalue weighted by Gasteiger charge is 2.05. The molecule has 58 valence electrons. The van der Waals surface area contributed by atoms with Gasteiger partial charge >= 0.3 is 0 Å². The first-order valence-electron chi connectivity index (χ1n) is 3.34. The Labute approximate surface area is 73.6 Å². The van der Waals surface area contributed by atoms with Crippen LogP contribution in [0, 0.1) is 11.3 Å². The Balaban J connectivity index is 2.89. The van der Waals surface area contributed by atoms with Crippen LogP contribution in [0.15, 0.2) is 18.3 Å². The Morgan fingerprint density at radius 2 is 2.33 bits per heavy atom. The van der Waals surface area contributed by atoms with Gasteiger partial charge < -0.3 is 0 Å². The Morgan fingerprint density at radius 3 is 3.08 bits per heavy atom. The van der Waals surface area contributed by atoms with Crippen LogP contribution in [0.5, 0.6) is 0 Å². The molecule has 0 aliphatic heterocycles. The monoisotopic (exact) mass is 177 g/mol. The number of hydrogen-bond donors (Lipinski definition) is 1. The number of halogens is 1. The first-order chi connectivity index (χ1) is 5.83. The van der Waals surface area contributed by atoms with Crippen LogP contribution in [0.4, 0.5) is 0 Å². The van der Waals surface area contributed by atoms with E-state index in [1.165, 1.54) is 0 Å². The molecule has 1 aromatic heterocycles. The number of benzene rings is 1. The average molecular weight is 178 g/mol. The molecule has 0 aliphatic carbocycles. The second-order valence-electron chi connectivity index (χ2n) is 2.37. The lowest BCUT2D eigenvalue weighted by Crippen LogP contribution is -1.76. The molecule has 4 heteroatoms.